The number of carbonyl (C=O) groups is 2. The molecule has 0 radical (unpaired) electrons. The van der Waals surface area contributed by atoms with Crippen LogP contribution in [0.5, 0.6) is 17.2 Å². The van der Waals surface area contributed by atoms with Gasteiger partial charge in [0.1, 0.15) is 17.6 Å². The van der Waals surface area contributed by atoms with Crippen molar-refractivity contribution in [3.8, 4) is 17.2 Å². The summed E-state index contributed by atoms with van der Waals surface area (Å²) in [7, 11) is 0. The van der Waals surface area contributed by atoms with Gasteiger partial charge in [-0.15, -0.1) is 10.2 Å². The number of ether oxygens (including phenoxy) is 3. The van der Waals surface area contributed by atoms with Gasteiger partial charge < -0.3 is 19.3 Å². The van der Waals surface area contributed by atoms with Gasteiger partial charge in [0.05, 0.1) is 24.8 Å². The number of aliphatic hydroxyl groups excluding tert-OH is 1. The Balaban J connectivity index is 1.41. The number of amides is 1. The van der Waals surface area contributed by atoms with E-state index >= 15 is 0 Å². The second kappa shape index (κ2) is 14.2. The van der Waals surface area contributed by atoms with Crippen LogP contribution in [0.3, 0.4) is 0 Å². The molecule has 3 aromatic carbocycles. The van der Waals surface area contributed by atoms with Gasteiger partial charge >= 0.3 is 5.91 Å². The number of carbonyl (C=O) groups excluding carboxylic acids is 2. The van der Waals surface area contributed by atoms with Crippen molar-refractivity contribution in [2.24, 2.45) is 5.92 Å². The van der Waals surface area contributed by atoms with Crippen molar-refractivity contribution >= 4 is 45.7 Å². The second-order valence-electron chi connectivity index (χ2n) is 11.9. The Hall–Kier alpha value is -4.35. The molecule has 3 heterocycles. The molecule has 0 saturated carbocycles. The molecular formula is C36H37N3O6S2. The van der Waals surface area contributed by atoms with Crippen LogP contribution in [-0.2, 0) is 21.8 Å². The number of aromatic nitrogens is 2. The zero-order valence-corrected chi connectivity index (χ0v) is 28.4. The van der Waals surface area contributed by atoms with Gasteiger partial charge in [-0.1, -0.05) is 73.3 Å². The highest BCUT2D eigenvalue weighted by molar-refractivity contribution is 8.00. The third kappa shape index (κ3) is 7.01. The molecule has 1 amide bonds. The lowest BCUT2D eigenvalue weighted by molar-refractivity contribution is -0.132. The van der Waals surface area contributed by atoms with Crippen LogP contribution in [0.2, 0.25) is 0 Å². The number of rotatable bonds is 12. The molecule has 0 spiro atoms. The average molecular weight is 672 g/mol. The molecule has 47 heavy (non-hydrogen) atoms. The molecule has 1 saturated heterocycles. The van der Waals surface area contributed by atoms with E-state index in [1.165, 1.54) is 28.0 Å². The number of thioether (sulfide) groups is 1. The molecule has 2 aliphatic rings. The topological polar surface area (TPSA) is 111 Å². The minimum Gasteiger partial charge on any atom is -0.507 e. The quantitative estimate of drug-likeness (QED) is 0.0535. The van der Waals surface area contributed by atoms with Gasteiger partial charge in [-0.2, -0.15) is 0 Å². The largest absolute Gasteiger partial charge is 0.507 e. The fourth-order valence-corrected chi connectivity index (χ4v) is 7.46. The molecule has 1 aromatic heterocycles. The predicted molar refractivity (Wildman–Crippen MR) is 183 cm³/mol. The lowest BCUT2D eigenvalue weighted by Crippen LogP contribution is -2.29. The van der Waals surface area contributed by atoms with Crippen molar-refractivity contribution in [1.82, 2.24) is 10.2 Å². The molecule has 9 nitrogen and oxygen atoms in total. The number of hydrogen-bond acceptors (Lipinski definition) is 10. The average Bonchev–Trinajstić information content (AvgIpc) is 3.75. The second-order valence-corrected chi connectivity index (χ2v) is 14.1. The Bertz CT molecular complexity index is 1810. The first kappa shape index (κ1) is 32.6. The van der Waals surface area contributed by atoms with E-state index in [1.54, 1.807) is 30.3 Å². The fraction of sp³-hybridized carbons (Fsp3) is 0.333. The minimum absolute atomic E-state index is 0.0117. The van der Waals surface area contributed by atoms with E-state index in [4.69, 9.17) is 14.2 Å². The number of benzene rings is 3. The SMILES string of the molecule is CCOc1cc([C@H]2C(=C(O)c3ccc4c(c3)C[C@H](C)O4)C(=O)C(=O)N2c2nnc(SCc3ccccc3)s2)ccc1OCCC(C)C. The Morgan fingerprint density at radius 2 is 1.87 bits per heavy atom. The lowest BCUT2D eigenvalue weighted by Gasteiger charge is -2.24. The number of nitrogens with zero attached hydrogens (tertiary/aromatic N) is 3. The van der Waals surface area contributed by atoms with Crippen LogP contribution in [0.1, 0.15) is 62.4 Å². The summed E-state index contributed by atoms with van der Waals surface area (Å²) in [5.74, 6) is 1.08. The Morgan fingerprint density at radius 3 is 2.64 bits per heavy atom. The van der Waals surface area contributed by atoms with Gasteiger partial charge in [0.25, 0.3) is 5.78 Å². The molecule has 2 atom stereocenters. The maximum atomic E-state index is 13.8. The van der Waals surface area contributed by atoms with Crippen molar-refractivity contribution in [2.75, 3.05) is 18.1 Å². The molecule has 244 valence electrons. The number of Topliss-reactive ketones (excluding diaryl/α,β-unsaturated/α-hetero) is 1. The predicted octanol–water partition coefficient (Wildman–Crippen LogP) is 7.60. The third-order valence-corrected chi connectivity index (χ3v) is 10.1. The first-order valence-corrected chi connectivity index (χ1v) is 17.5. The summed E-state index contributed by atoms with van der Waals surface area (Å²) in [6.07, 6.45) is 1.57. The Kier molecular flexibility index (Phi) is 9.84. The summed E-state index contributed by atoms with van der Waals surface area (Å²) in [5.41, 5.74) is 3.02. The summed E-state index contributed by atoms with van der Waals surface area (Å²) in [6.45, 7) is 9.03. The monoisotopic (exact) mass is 671 g/mol. The highest BCUT2D eigenvalue weighted by Gasteiger charge is 2.48. The van der Waals surface area contributed by atoms with E-state index in [0.29, 0.717) is 58.3 Å². The number of ketones is 1. The van der Waals surface area contributed by atoms with Crippen LogP contribution >= 0.6 is 23.1 Å². The van der Waals surface area contributed by atoms with E-state index in [-0.39, 0.29) is 22.6 Å². The first-order valence-electron chi connectivity index (χ1n) is 15.7. The first-order chi connectivity index (χ1) is 22.7. The van der Waals surface area contributed by atoms with Gasteiger partial charge in [0.15, 0.2) is 15.8 Å². The van der Waals surface area contributed by atoms with Crippen molar-refractivity contribution in [3.05, 3.63) is 94.6 Å². The van der Waals surface area contributed by atoms with E-state index in [0.717, 1.165) is 23.3 Å². The maximum absolute atomic E-state index is 13.8. The van der Waals surface area contributed by atoms with Gasteiger partial charge in [0.2, 0.25) is 5.13 Å². The zero-order chi connectivity index (χ0) is 33.1. The number of anilines is 1. The smallest absolute Gasteiger partial charge is 0.301 e. The summed E-state index contributed by atoms with van der Waals surface area (Å²) in [5, 5.41) is 20.7. The molecular weight excluding hydrogens is 635 g/mol. The van der Waals surface area contributed by atoms with Crippen LogP contribution < -0.4 is 19.1 Å². The summed E-state index contributed by atoms with van der Waals surface area (Å²) >= 11 is 2.73. The van der Waals surface area contributed by atoms with E-state index in [1.807, 2.05) is 50.2 Å². The Morgan fingerprint density at radius 1 is 1.06 bits per heavy atom. The molecule has 4 aromatic rings. The summed E-state index contributed by atoms with van der Waals surface area (Å²) in [6, 6.07) is 19.7. The Labute approximate surface area is 282 Å². The molecule has 0 unspecified atom stereocenters. The van der Waals surface area contributed by atoms with Crippen molar-refractivity contribution in [3.63, 3.8) is 0 Å². The van der Waals surface area contributed by atoms with Crippen LogP contribution in [0, 0.1) is 5.92 Å². The number of hydrogen-bond donors (Lipinski definition) is 1. The highest BCUT2D eigenvalue weighted by atomic mass is 32.2. The normalized spacial score (nSPS) is 18.4. The molecule has 1 fully saturated rings. The molecule has 11 heteroatoms. The molecule has 2 aliphatic heterocycles. The van der Waals surface area contributed by atoms with Crippen LogP contribution in [0.25, 0.3) is 5.76 Å². The minimum atomic E-state index is -0.984. The molecule has 0 bridgehead atoms. The molecule has 0 aliphatic carbocycles. The maximum Gasteiger partial charge on any atom is 0.301 e. The van der Waals surface area contributed by atoms with Gasteiger partial charge in [-0.25, -0.2) is 0 Å². The lowest BCUT2D eigenvalue weighted by atomic mass is 9.94. The number of fused-ring (bicyclic) bond motifs is 1. The van der Waals surface area contributed by atoms with E-state index in [9.17, 15) is 14.7 Å². The van der Waals surface area contributed by atoms with Crippen molar-refractivity contribution < 1.29 is 28.9 Å². The summed E-state index contributed by atoms with van der Waals surface area (Å²) in [4.78, 5) is 29.0. The molecule has 1 N–H and O–H groups in total. The van der Waals surface area contributed by atoms with E-state index in [2.05, 4.69) is 24.0 Å². The zero-order valence-electron chi connectivity index (χ0n) is 26.8. The van der Waals surface area contributed by atoms with E-state index < -0.39 is 17.7 Å². The van der Waals surface area contributed by atoms with Crippen LogP contribution in [-0.4, -0.2) is 46.3 Å². The van der Waals surface area contributed by atoms with Gasteiger partial charge in [0, 0.05) is 17.7 Å². The van der Waals surface area contributed by atoms with Crippen molar-refractivity contribution in [1.29, 1.82) is 0 Å². The van der Waals surface area contributed by atoms with Crippen LogP contribution in [0.4, 0.5) is 5.13 Å². The van der Waals surface area contributed by atoms with Crippen LogP contribution in [0.15, 0.2) is 76.6 Å². The number of aliphatic hydroxyl groups is 1. The standard InChI is InChI=1S/C36H37N3O6S2/c1-5-43-29-19-24(11-14-28(29)44-16-15-21(2)3)31-30(32(40)25-12-13-27-26(18-25)17-22(4)45-27)33(41)34(42)39(31)35-37-38-36(47-35)46-20-23-9-7-6-8-10-23/h6-14,18-19,21-22,31,40H,5,15-17,20H2,1-4H3/t22-,31-/m0/s1. The third-order valence-electron chi connectivity index (χ3n) is 7.96. The van der Waals surface area contributed by atoms with Gasteiger partial charge in [-0.3, -0.25) is 14.5 Å². The van der Waals surface area contributed by atoms with Gasteiger partial charge in [-0.05, 0) is 73.2 Å². The summed E-state index contributed by atoms with van der Waals surface area (Å²) < 4.78 is 18.5. The fourth-order valence-electron chi connectivity index (χ4n) is 5.63. The molecule has 6 rings (SSSR count). The van der Waals surface area contributed by atoms with Crippen molar-refractivity contribution in [2.45, 2.75) is 62.8 Å². The highest BCUT2D eigenvalue weighted by Crippen LogP contribution is 2.46.